The van der Waals surface area contributed by atoms with Crippen LogP contribution in [-0.2, 0) is 16.6 Å². The van der Waals surface area contributed by atoms with E-state index in [1.54, 1.807) is 29.3 Å². The number of benzene rings is 3. The van der Waals surface area contributed by atoms with Gasteiger partial charge in [0.1, 0.15) is 6.61 Å². The molecule has 0 unspecified atom stereocenters. The van der Waals surface area contributed by atoms with Crippen LogP contribution in [0.25, 0.3) is 22.4 Å². The quantitative estimate of drug-likeness (QED) is 0.205. The standard InChI is InChI=1S/C37H40N6O4S/c1-23-11-9-12-24(2)34(23)32-18-33-40-36(39-32)42-48(45,46)29-15-10-14-26(17-29)35(44)43(28(22-47-33)19-37(4,5)6)21-27-13-7-8-16-30(27)31-20-38-41-25(31)3/h7-18,20,28H,19,21-22H2,1-6H3,(H,38,41)(H,39,40,42)/t28-/m1/s1. The van der Waals surface area contributed by atoms with E-state index >= 15 is 0 Å². The van der Waals surface area contributed by atoms with Crippen LogP contribution in [0.4, 0.5) is 5.95 Å². The summed E-state index contributed by atoms with van der Waals surface area (Å²) < 4.78 is 36.4. The molecule has 48 heavy (non-hydrogen) atoms. The molecule has 0 spiro atoms. The van der Waals surface area contributed by atoms with Crippen molar-refractivity contribution in [3.8, 4) is 28.3 Å². The van der Waals surface area contributed by atoms with Crippen molar-refractivity contribution in [1.29, 1.82) is 0 Å². The van der Waals surface area contributed by atoms with Crippen LogP contribution in [-0.4, -0.2) is 52.0 Å². The van der Waals surface area contributed by atoms with Crippen LogP contribution in [0, 0.1) is 26.2 Å². The summed E-state index contributed by atoms with van der Waals surface area (Å²) in [5.41, 5.74) is 7.15. The van der Waals surface area contributed by atoms with Crippen molar-refractivity contribution in [2.75, 3.05) is 11.3 Å². The summed E-state index contributed by atoms with van der Waals surface area (Å²) in [7, 11) is -4.17. The lowest BCUT2D eigenvalue weighted by atomic mass is 9.87. The SMILES string of the molecule is Cc1cccc(C)c1-c1cc2nc(n1)NS(=O)(=O)c1cccc(c1)C(=O)N(Cc1ccccc1-c1cn[nH]c1C)[C@H](CC(C)(C)C)CO2. The van der Waals surface area contributed by atoms with Crippen LogP contribution < -0.4 is 9.46 Å². The Hall–Kier alpha value is -5.03. The number of aryl methyl sites for hydroxylation is 3. The van der Waals surface area contributed by atoms with Crippen molar-refractivity contribution >= 4 is 21.9 Å². The average Bonchev–Trinajstić information content (AvgIpc) is 3.46. The first-order valence-electron chi connectivity index (χ1n) is 15.9. The van der Waals surface area contributed by atoms with Crippen molar-refractivity contribution in [1.82, 2.24) is 25.1 Å². The van der Waals surface area contributed by atoms with Crippen LogP contribution in [0.1, 0.15) is 59.9 Å². The number of nitrogens with zero attached hydrogens (tertiary/aromatic N) is 4. The molecule has 11 heteroatoms. The van der Waals surface area contributed by atoms with Gasteiger partial charge in [-0.15, -0.1) is 0 Å². The molecule has 1 aliphatic rings. The van der Waals surface area contributed by atoms with Crippen molar-refractivity contribution in [3.63, 3.8) is 0 Å². The number of rotatable bonds is 5. The van der Waals surface area contributed by atoms with Gasteiger partial charge in [0.15, 0.2) is 0 Å². The minimum absolute atomic E-state index is 0.0714. The monoisotopic (exact) mass is 664 g/mol. The van der Waals surface area contributed by atoms with Gasteiger partial charge in [-0.1, -0.05) is 69.3 Å². The molecule has 1 amide bonds. The first-order valence-corrected chi connectivity index (χ1v) is 17.4. The molecule has 0 aliphatic carbocycles. The first-order chi connectivity index (χ1) is 22.8. The van der Waals surface area contributed by atoms with Crippen LogP contribution in [0.2, 0.25) is 0 Å². The lowest BCUT2D eigenvalue weighted by Gasteiger charge is -2.36. The van der Waals surface area contributed by atoms with Gasteiger partial charge in [0.2, 0.25) is 11.8 Å². The second kappa shape index (κ2) is 12.9. The molecule has 2 N–H and O–H groups in total. The Bertz CT molecular complexity index is 2080. The van der Waals surface area contributed by atoms with Gasteiger partial charge in [0.25, 0.3) is 15.9 Å². The van der Waals surface area contributed by atoms with Gasteiger partial charge in [-0.05, 0) is 73.1 Å². The zero-order chi connectivity index (χ0) is 34.2. The van der Waals surface area contributed by atoms with Gasteiger partial charge in [0.05, 0.1) is 22.8 Å². The Kier molecular flexibility index (Phi) is 8.82. The van der Waals surface area contributed by atoms with Gasteiger partial charge in [-0.25, -0.2) is 18.1 Å². The number of anilines is 1. The van der Waals surface area contributed by atoms with Gasteiger partial charge >= 0.3 is 0 Å². The minimum atomic E-state index is -4.17. The Morgan fingerprint density at radius 2 is 1.65 bits per heavy atom. The largest absolute Gasteiger partial charge is 0.475 e. The van der Waals surface area contributed by atoms with Gasteiger partial charge in [-0.3, -0.25) is 9.89 Å². The molecule has 4 bridgehead atoms. The maximum atomic E-state index is 14.6. The number of sulfonamides is 1. The van der Waals surface area contributed by atoms with Gasteiger partial charge in [-0.2, -0.15) is 10.1 Å². The number of ether oxygens (including phenoxy) is 1. The van der Waals surface area contributed by atoms with Crippen LogP contribution in [0.15, 0.2) is 83.9 Å². The number of hydrogen-bond donors (Lipinski definition) is 2. The van der Waals surface area contributed by atoms with E-state index in [0.29, 0.717) is 12.1 Å². The zero-order valence-corrected chi connectivity index (χ0v) is 28.9. The summed E-state index contributed by atoms with van der Waals surface area (Å²) in [5, 5.41) is 7.24. The van der Waals surface area contributed by atoms with E-state index in [1.165, 1.54) is 12.1 Å². The maximum Gasteiger partial charge on any atom is 0.264 e. The molecule has 248 valence electrons. The van der Waals surface area contributed by atoms with Crippen LogP contribution >= 0.6 is 0 Å². The normalized spacial score (nSPS) is 16.2. The summed E-state index contributed by atoms with van der Waals surface area (Å²) in [5.74, 6) is -0.223. The molecule has 10 nitrogen and oxygen atoms in total. The van der Waals surface area contributed by atoms with Crippen molar-refractivity contribution in [2.45, 2.75) is 65.4 Å². The molecule has 2 aromatic heterocycles. The van der Waals surface area contributed by atoms with E-state index in [1.807, 2.05) is 63.2 Å². The van der Waals surface area contributed by atoms with E-state index < -0.39 is 16.1 Å². The maximum absolute atomic E-state index is 14.6. The second-order valence-corrected chi connectivity index (χ2v) is 15.2. The molecule has 3 aromatic carbocycles. The van der Waals surface area contributed by atoms with Crippen molar-refractivity contribution in [2.24, 2.45) is 5.41 Å². The highest BCUT2D eigenvalue weighted by Gasteiger charge is 2.32. The highest BCUT2D eigenvalue weighted by molar-refractivity contribution is 7.92. The molecule has 0 radical (unpaired) electrons. The van der Waals surface area contributed by atoms with Crippen molar-refractivity contribution < 1.29 is 17.9 Å². The van der Waals surface area contributed by atoms with E-state index in [0.717, 1.165) is 39.1 Å². The molecule has 0 fully saturated rings. The number of aromatic nitrogens is 4. The molecular weight excluding hydrogens is 625 g/mol. The number of fused-ring (bicyclic) bond motifs is 4. The second-order valence-electron chi connectivity index (χ2n) is 13.5. The lowest BCUT2D eigenvalue weighted by Crippen LogP contribution is -2.45. The molecule has 1 atom stereocenters. The van der Waals surface area contributed by atoms with Crippen molar-refractivity contribution in [3.05, 3.63) is 107 Å². The fraction of sp³-hybridized carbons (Fsp3) is 0.297. The molecule has 0 saturated heterocycles. The summed E-state index contributed by atoms with van der Waals surface area (Å²) >= 11 is 0. The Morgan fingerprint density at radius 3 is 2.35 bits per heavy atom. The molecule has 3 heterocycles. The Morgan fingerprint density at radius 1 is 0.917 bits per heavy atom. The number of aromatic amines is 1. The lowest BCUT2D eigenvalue weighted by molar-refractivity contribution is 0.0513. The summed E-state index contributed by atoms with van der Waals surface area (Å²) in [6, 6.07) is 21.3. The van der Waals surface area contributed by atoms with Crippen LogP contribution in [0.3, 0.4) is 0 Å². The minimum Gasteiger partial charge on any atom is -0.475 e. The Labute approximate surface area is 281 Å². The van der Waals surface area contributed by atoms with E-state index in [4.69, 9.17) is 4.74 Å². The van der Waals surface area contributed by atoms with Crippen LogP contribution in [0.5, 0.6) is 5.88 Å². The Balaban J connectivity index is 1.52. The topological polar surface area (TPSA) is 130 Å². The predicted octanol–water partition coefficient (Wildman–Crippen LogP) is 7.10. The van der Waals surface area contributed by atoms with E-state index in [2.05, 4.69) is 45.7 Å². The summed E-state index contributed by atoms with van der Waals surface area (Å²) in [6.07, 6.45) is 2.39. The average molecular weight is 665 g/mol. The number of carbonyl (C=O) groups excluding carboxylic acids is 1. The molecule has 5 aromatic rings. The number of carbonyl (C=O) groups is 1. The van der Waals surface area contributed by atoms with E-state index in [-0.39, 0.29) is 46.8 Å². The first kappa shape index (κ1) is 32.9. The zero-order valence-electron chi connectivity index (χ0n) is 28.0. The third kappa shape index (κ3) is 6.96. The molecule has 0 saturated carbocycles. The predicted molar refractivity (Wildman–Crippen MR) is 186 cm³/mol. The fourth-order valence-corrected chi connectivity index (χ4v) is 7.26. The number of H-pyrrole nitrogens is 1. The molecule has 1 aliphatic heterocycles. The smallest absolute Gasteiger partial charge is 0.264 e. The number of hydrogen-bond acceptors (Lipinski definition) is 7. The fourth-order valence-electron chi connectivity index (χ4n) is 6.27. The number of amides is 1. The third-order valence-corrected chi connectivity index (χ3v) is 9.83. The van der Waals surface area contributed by atoms with Gasteiger partial charge in [0, 0.05) is 35.0 Å². The molecule has 6 rings (SSSR count). The third-order valence-electron chi connectivity index (χ3n) is 8.51. The highest BCUT2D eigenvalue weighted by atomic mass is 32.2. The number of nitrogens with one attached hydrogen (secondary N) is 2. The summed E-state index contributed by atoms with van der Waals surface area (Å²) in [4.78, 5) is 25.4. The van der Waals surface area contributed by atoms with E-state index in [9.17, 15) is 13.2 Å². The highest BCUT2D eigenvalue weighted by Crippen LogP contribution is 2.33. The molecular formula is C37H40N6O4S. The van der Waals surface area contributed by atoms with Gasteiger partial charge < -0.3 is 9.64 Å². The summed E-state index contributed by atoms with van der Waals surface area (Å²) in [6.45, 7) is 12.7.